The number of benzene rings is 1. The number of carbonyl (C=O) groups excluding carboxylic acids is 1. The van der Waals surface area contributed by atoms with Crippen molar-refractivity contribution in [3.63, 3.8) is 0 Å². The van der Waals surface area contributed by atoms with Crippen LogP contribution in [0.4, 0.5) is 4.79 Å². The van der Waals surface area contributed by atoms with Crippen molar-refractivity contribution in [1.29, 1.82) is 0 Å². The zero-order valence-electron chi connectivity index (χ0n) is 15.5. The molecule has 5 nitrogen and oxygen atoms in total. The summed E-state index contributed by atoms with van der Waals surface area (Å²) in [5, 5.41) is 3.03. The molecule has 1 N–H and O–H groups in total. The molecule has 1 aromatic rings. The van der Waals surface area contributed by atoms with Crippen molar-refractivity contribution < 1.29 is 9.53 Å². The van der Waals surface area contributed by atoms with E-state index in [1.54, 1.807) is 0 Å². The molecule has 25 heavy (non-hydrogen) atoms. The predicted octanol–water partition coefficient (Wildman–Crippen LogP) is 2.72. The van der Waals surface area contributed by atoms with Crippen molar-refractivity contribution in [3.05, 3.63) is 35.9 Å². The highest BCUT2D eigenvalue weighted by molar-refractivity contribution is 5.75. The second-order valence-electron chi connectivity index (χ2n) is 7.64. The van der Waals surface area contributed by atoms with Crippen molar-refractivity contribution in [2.24, 2.45) is 5.92 Å². The van der Waals surface area contributed by atoms with Gasteiger partial charge >= 0.3 is 6.03 Å². The van der Waals surface area contributed by atoms with Crippen LogP contribution in [0.25, 0.3) is 0 Å². The van der Waals surface area contributed by atoms with Crippen molar-refractivity contribution in [1.82, 2.24) is 15.1 Å². The van der Waals surface area contributed by atoms with E-state index in [9.17, 15) is 4.79 Å². The summed E-state index contributed by atoms with van der Waals surface area (Å²) in [6, 6.07) is 11.2. The van der Waals surface area contributed by atoms with Gasteiger partial charge in [-0.15, -0.1) is 0 Å². The number of amides is 2. The molecule has 0 aliphatic carbocycles. The molecule has 2 amide bonds. The zero-order chi connectivity index (χ0) is 17.6. The van der Waals surface area contributed by atoms with Gasteiger partial charge in [-0.05, 0) is 24.3 Å². The van der Waals surface area contributed by atoms with Gasteiger partial charge in [0.25, 0.3) is 0 Å². The second kappa shape index (κ2) is 8.68. The molecule has 5 heteroatoms. The van der Waals surface area contributed by atoms with Gasteiger partial charge in [-0.3, -0.25) is 4.90 Å². The maximum atomic E-state index is 12.3. The maximum Gasteiger partial charge on any atom is 0.317 e. The minimum atomic E-state index is 0.0524. The SMILES string of the molecule is CC(C)CN(C1CCOCC1)C1CN(C(=O)NCc2ccccc2)C1. The average molecular weight is 345 g/mol. The summed E-state index contributed by atoms with van der Waals surface area (Å²) in [4.78, 5) is 16.9. The van der Waals surface area contributed by atoms with Crippen LogP contribution >= 0.6 is 0 Å². The molecule has 2 fully saturated rings. The molecule has 138 valence electrons. The number of nitrogens with one attached hydrogen (secondary N) is 1. The maximum absolute atomic E-state index is 12.3. The predicted molar refractivity (Wildman–Crippen MR) is 99.4 cm³/mol. The lowest BCUT2D eigenvalue weighted by Crippen LogP contribution is -2.65. The average Bonchev–Trinajstić information content (AvgIpc) is 2.59. The Morgan fingerprint density at radius 1 is 1.20 bits per heavy atom. The van der Waals surface area contributed by atoms with E-state index in [1.165, 1.54) is 0 Å². The number of hydrogen-bond donors (Lipinski definition) is 1. The number of likely N-dealkylation sites (tertiary alicyclic amines) is 1. The fourth-order valence-corrected chi connectivity index (χ4v) is 3.75. The van der Waals surface area contributed by atoms with Crippen molar-refractivity contribution in [2.45, 2.75) is 45.3 Å². The van der Waals surface area contributed by atoms with Gasteiger partial charge in [-0.2, -0.15) is 0 Å². The first-order valence-electron chi connectivity index (χ1n) is 9.53. The van der Waals surface area contributed by atoms with E-state index in [-0.39, 0.29) is 6.03 Å². The minimum absolute atomic E-state index is 0.0524. The molecule has 2 aliphatic rings. The highest BCUT2D eigenvalue weighted by Crippen LogP contribution is 2.24. The van der Waals surface area contributed by atoms with Gasteiger partial charge in [-0.1, -0.05) is 44.2 Å². The quantitative estimate of drug-likeness (QED) is 0.862. The topological polar surface area (TPSA) is 44.8 Å². The molecule has 0 saturated carbocycles. The monoisotopic (exact) mass is 345 g/mol. The van der Waals surface area contributed by atoms with Gasteiger partial charge in [0.05, 0.1) is 0 Å². The standard InChI is InChI=1S/C20H31N3O2/c1-16(2)13-23(18-8-10-25-11-9-18)19-14-22(15-19)20(24)21-12-17-6-4-3-5-7-17/h3-7,16,18-19H,8-15H2,1-2H3,(H,21,24). The third-order valence-corrected chi connectivity index (χ3v) is 5.14. The summed E-state index contributed by atoms with van der Waals surface area (Å²) < 4.78 is 5.52. The number of ether oxygens (including phenoxy) is 1. The Morgan fingerprint density at radius 3 is 2.52 bits per heavy atom. The van der Waals surface area contributed by atoms with Crippen molar-refractivity contribution in [3.8, 4) is 0 Å². The van der Waals surface area contributed by atoms with Crippen LogP contribution in [0.3, 0.4) is 0 Å². The number of carbonyl (C=O) groups is 1. The summed E-state index contributed by atoms with van der Waals surface area (Å²) in [6.45, 7) is 9.66. The fourth-order valence-electron chi connectivity index (χ4n) is 3.75. The lowest BCUT2D eigenvalue weighted by atomic mass is 9.98. The van der Waals surface area contributed by atoms with Crippen LogP contribution in [0.1, 0.15) is 32.3 Å². The summed E-state index contributed by atoms with van der Waals surface area (Å²) >= 11 is 0. The Kier molecular flexibility index (Phi) is 6.32. The first-order valence-corrected chi connectivity index (χ1v) is 9.53. The molecule has 0 radical (unpaired) electrons. The molecule has 0 aromatic heterocycles. The first kappa shape index (κ1) is 18.2. The van der Waals surface area contributed by atoms with Crippen LogP contribution in [-0.4, -0.2) is 60.8 Å². The third-order valence-electron chi connectivity index (χ3n) is 5.14. The Hall–Kier alpha value is -1.59. The normalized spacial score (nSPS) is 19.3. The van der Waals surface area contributed by atoms with E-state index in [2.05, 4.69) is 24.1 Å². The van der Waals surface area contributed by atoms with Crippen LogP contribution < -0.4 is 5.32 Å². The van der Waals surface area contributed by atoms with Crippen molar-refractivity contribution in [2.75, 3.05) is 32.8 Å². The van der Waals surface area contributed by atoms with E-state index in [0.717, 1.165) is 51.3 Å². The third kappa shape index (κ3) is 4.95. The van der Waals surface area contributed by atoms with Crippen LogP contribution in [0, 0.1) is 5.92 Å². The van der Waals surface area contributed by atoms with E-state index in [1.807, 2.05) is 35.2 Å². The molecular formula is C20H31N3O2. The number of hydrogen-bond acceptors (Lipinski definition) is 3. The molecule has 3 rings (SSSR count). The van der Waals surface area contributed by atoms with Gasteiger partial charge in [-0.25, -0.2) is 4.79 Å². The largest absolute Gasteiger partial charge is 0.381 e. The molecule has 0 unspecified atom stereocenters. The minimum Gasteiger partial charge on any atom is -0.381 e. The highest BCUT2D eigenvalue weighted by Gasteiger charge is 2.38. The van der Waals surface area contributed by atoms with Crippen LogP contribution in [-0.2, 0) is 11.3 Å². The second-order valence-corrected chi connectivity index (χ2v) is 7.64. The van der Waals surface area contributed by atoms with E-state index < -0.39 is 0 Å². The molecular weight excluding hydrogens is 314 g/mol. The van der Waals surface area contributed by atoms with Gasteiger partial charge in [0.2, 0.25) is 0 Å². The molecule has 1 aromatic carbocycles. The number of nitrogens with zero attached hydrogens (tertiary/aromatic N) is 2. The van der Waals surface area contributed by atoms with E-state index in [4.69, 9.17) is 4.74 Å². The summed E-state index contributed by atoms with van der Waals surface area (Å²) in [5.74, 6) is 0.642. The molecule has 0 bridgehead atoms. The van der Waals surface area contributed by atoms with Crippen molar-refractivity contribution >= 4 is 6.03 Å². The molecule has 2 saturated heterocycles. The number of rotatable bonds is 6. The summed E-state index contributed by atoms with van der Waals surface area (Å²) in [7, 11) is 0. The molecule has 2 aliphatic heterocycles. The van der Waals surface area contributed by atoms with Crippen LogP contribution in [0.15, 0.2) is 30.3 Å². The van der Waals surface area contributed by atoms with Gasteiger partial charge < -0.3 is 15.0 Å². The van der Waals surface area contributed by atoms with Gasteiger partial charge in [0.1, 0.15) is 0 Å². The molecule has 0 atom stereocenters. The Labute approximate surface area is 151 Å². The Morgan fingerprint density at radius 2 is 1.88 bits per heavy atom. The van der Waals surface area contributed by atoms with Crippen LogP contribution in [0.2, 0.25) is 0 Å². The highest BCUT2D eigenvalue weighted by atomic mass is 16.5. The summed E-state index contributed by atoms with van der Waals surface area (Å²) in [6.07, 6.45) is 2.23. The lowest BCUT2D eigenvalue weighted by molar-refractivity contribution is -0.0243. The van der Waals surface area contributed by atoms with E-state index >= 15 is 0 Å². The lowest BCUT2D eigenvalue weighted by Gasteiger charge is -2.49. The molecule has 0 spiro atoms. The Bertz CT molecular complexity index is 537. The Balaban J connectivity index is 1.47. The van der Waals surface area contributed by atoms with Gasteiger partial charge in [0.15, 0.2) is 0 Å². The smallest absolute Gasteiger partial charge is 0.317 e. The fraction of sp³-hybridized carbons (Fsp3) is 0.650. The number of urea groups is 1. The first-order chi connectivity index (χ1) is 12.1. The van der Waals surface area contributed by atoms with Crippen LogP contribution in [0.5, 0.6) is 0 Å². The van der Waals surface area contributed by atoms with E-state index in [0.29, 0.717) is 24.5 Å². The zero-order valence-corrected chi connectivity index (χ0v) is 15.5. The molecule has 2 heterocycles. The summed E-state index contributed by atoms with van der Waals surface area (Å²) in [5.41, 5.74) is 1.14. The van der Waals surface area contributed by atoms with Gasteiger partial charge in [0, 0.05) is 51.5 Å².